The fraction of sp³-hybridized carbons (Fsp3) is 0. The van der Waals surface area contributed by atoms with Crippen molar-refractivity contribution < 1.29 is 28.6 Å². The maximum atomic E-state index is 13.5. The van der Waals surface area contributed by atoms with Gasteiger partial charge in [-0.15, -0.1) is 0 Å². The van der Waals surface area contributed by atoms with Crippen LogP contribution in [0.15, 0.2) is 36.4 Å². The number of hydrogen-bond donors (Lipinski definition) is 3. The van der Waals surface area contributed by atoms with Gasteiger partial charge >= 0.3 is 5.97 Å². The SMILES string of the molecule is O=C(Nc1ccc(C(=O)O)c(F)c1)c1ccc(F)cc1O. The number of phenols is 1. The summed E-state index contributed by atoms with van der Waals surface area (Å²) in [6.07, 6.45) is 0. The van der Waals surface area contributed by atoms with Crippen LogP contribution in [-0.4, -0.2) is 22.1 Å². The first kappa shape index (κ1) is 14.4. The second-order valence-electron chi connectivity index (χ2n) is 4.12. The van der Waals surface area contributed by atoms with E-state index in [1.54, 1.807) is 0 Å². The number of halogens is 2. The molecule has 0 aliphatic heterocycles. The molecule has 0 saturated heterocycles. The lowest BCUT2D eigenvalue weighted by molar-refractivity contribution is 0.0691. The summed E-state index contributed by atoms with van der Waals surface area (Å²) in [6.45, 7) is 0. The van der Waals surface area contributed by atoms with Gasteiger partial charge in [-0.1, -0.05) is 0 Å². The third-order valence-corrected chi connectivity index (χ3v) is 2.66. The molecule has 5 nitrogen and oxygen atoms in total. The highest BCUT2D eigenvalue weighted by Gasteiger charge is 2.14. The number of hydrogen-bond acceptors (Lipinski definition) is 3. The Morgan fingerprint density at radius 1 is 1.00 bits per heavy atom. The van der Waals surface area contributed by atoms with Gasteiger partial charge < -0.3 is 15.5 Å². The minimum Gasteiger partial charge on any atom is -0.507 e. The molecule has 0 unspecified atom stereocenters. The molecule has 0 aliphatic rings. The molecule has 3 N–H and O–H groups in total. The van der Waals surface area contributed by atoms with Crippen LogP contribution >= 0.6 is 0 Å². The van der Waals surface area contributed by atoms with Crippen LogP contribution in [0.4, 0.5) is 14.5 Å². The average Bonchev–Trinajstić information content (AvgIpc) is 2.37. The van der Waals surface area contributed by atoms with Crippen LogP contribution < -0.4 is 5.32 Å². The molecule has 108 valence electrons. The van der Waals surface area contributed by atoms with Crippen molar-refractivity contribution in [2.45, 2.75) is 0 Å². The second-order valence-corrected chi connectivity index (χ2v) is 4.12. The van der Waals surface area contributed by atoms with Crippen LogP contribution in [0.5, 0.6) is 5.75 Å². The van der Waals surface area contributed by atoms with Crippen molar-refractivity contribution in [1.82, 2.24) is 0 Å². The number of nitrogens with one attached hydrogen (secondary N) is 1. The number of carboxylic acids is 1. The molecule has 0 fully saturated rings. The highest BCUT2D eigenvalue weighted by molar-refractivity contribution is 6.06. The predicted molar refractivity (Wildman–Crippen MR) is 69.4 cm³/mol. The van der Waals surface area contributed by atoms with E-state index < -0.39 is 34.8 Å². The zero-order valence-electron chi connectivity index (χ0n) is 10.4. The van der Waals surface area contributed by atoms with Crippen molar-refractivity contribution >= 4 is 17.6 Å². The molecule has 2 aromatic rings. The van der Waals surface area contributed by atoms with Gasteiger partial charge in [0.25, 0.3) is 5.91 Å². The number of aromatic hydroxyl groups is 1. The van der Waals surface area contributed by atoms with Gasteiger partial charge in [-0.2, -0.15) is 0 Å². The molecule has 2 aromatic carbocycles. The third-order valence-electron chi connectivity index (χ3n) is 2.66. The van der Waals surface area contributed by atoms with Crippen LogP contribution in [0, 0.1) is 11.6 Å². The number of amides is 1. The van der Waals surface area contributed by atoms with Gasteiger partial charge in [-0.25, -0.2) is 13.6 Å². The summed E-state index contributed by atoms with van der Waals surface area (Å²) in [4.78, 5) is 22.5. The highest BCUT2D eigenvalue weighted by Crippen LogP contribution is 2.21. The molecule has 1 amide bonds. The molecular weight excluding hydrogens is 284 g/mol. The Morgan fingerprint density at radius 3 is 2.24 bits per heavy atom. The van der Waals surface area contributed by atoms with E-state index in [1.807, 2.05) is 0 Å². The average molecular weight is 293 g/mol. The number of benzene rings is 2. The number of rotatable bonds is 3. The van der Waals surface area contributed by atoms with Gasteiger partial charge in [0.2, 0.25) is 0 Å². The molecule has 0 radical (unpaired) electrons. The summed E-state index contributed by atoms with van der Waals surface area (Å²) < 4.78 is 26.3. The Kier molecular flexibility index (Phi) is 3.84. The van der Waals surface area contributed by atoms with Crippen LogP contribution in [0.2, 0.25) is 0 Å². The summed E-state index contributed by atoms with van der Waals surface area (Å²) >= 11 is 0. The summed E-state index contributed by atoms with van der Waals surface area (Å²) in [7, 11) is 0. The van der Waals surface area contributed by atoms with Crippen molar-refractivity contribution in [3.05, 3.63) is 59.2 Å². The molecule has 0 spiro atoms. The van der Waals surface area contributed by atoms with E-state index in [4.69, 9.17) is 5.11 Å². The fourth-order valence-corrected chi connectivity index (χ4v) is 1.66. The molecule has 0 saturated carbocycles. The molecular formula is C14H9F2NO4. The Hall–Kier alpha value is -2.96. The molecule has 2 rings (SSSR count). The lowest BCUT2D eigenvalue weighted by Crippen LogP contribution is -2.13. The smallest absolute Gasteiger partial charge is 0.338 e. The minimum absolute atomic E-state index is 0.00576. The number of carbonyl (C=O) groups is 2. The maximum absolute atomic E-state index is 13.5. The molecule has 7 heteroatoms. The molecule has 0 aliphatic carbocycles. The largest absolute Gasteiger partial charge is 0.507 e. The van der Waals surface area contributed by atoms with E-state index in [9.17, 15) is 23.5 Å². The van der Waals surface area contributed by atoms with Gasteiger partial charge in [-0.05, 0) is 30.3 Å². The maximum Gasteiger partial charge on any atom is 0.338 e. The highest BCUT2D eigenvalue weighted by atomic mass is 19.1. The van der Waals surface area contributed by atoms with E-state index in [1.165, 1.54) is 6.07 Å². The van der Waals surface area contributed by atoms with E-state index >= 15 is 0 Å². The zero-order valence-corrected chi connectivity index (χ0v) is 10.4. The standard InChI is InChI=1S/C14H9F2NO4/c15-7-1-3-10(12(18)5-7)13(19)17-8-2-4-9(14(20)21)11(16)6-8/h1-6,18H,(H,17,19)(H,20,21). The summed E-state index contributed by atoms with van der Waals surface area (Å²) in [5.41, 5.74) is -0.719. The van der Waals surface area contributed by atoms with Gasteiger partial charge in [0.1, 0.15) is 17.4 Å². The topological polar surface area (TPSA) is 86.6 Å². The predicted octanol–water partition coefficient (Wildman–Crippen LogP) is 2.62. The first-order chi connectivity index (χ1) is 9.88. The van der Waals surface area contributed by atoms with Gasteiger partial charge in [-0.3, -0.25) is 4.79 Å². The lowest BCUT2D eigenvalue weighted by atomic mass is 10.1. The number of anilines is 1. The van der Waals surface area contributed by atoms with E-state index in [2.05, 4.69) is 5.32 Å². The van der Waals surface area contributed by atoms with Gasteiger partial charge in [0.15, 0.2) is 0 Å². The fourth-order valence-electron chi connectivity index (χ4n) is 1.66. The third kappa shape index (κ3) is 3.14. The van der Waals surface area contributed by atoms with Crippen molar-refractivity contribution in [2.24, 2.45) is 0 Å². The number of aromatic carboxylic acids is 1. The lowest BCUT2D eigenvalue weighted by Gasteiger charge is -2.08. The number of phenolic OH excluding ortho intramolecular Hbond substituents is 1. The summed E-state index contributed by atoms with van der Waals surface area (Å²) in [5, 5.41) is 20.4. The second kappa shape index (κ2) is 5.58. The van der Waals surface area contributed by atoms with Crippen molar-refractivity contribution in [3.63, 3.8) is 0 Å². The van der Waals surface area contributed by atoms with Crippen LogP contribution in [0.1, 0.15) is 20.7 Å². The molecule has 21 heavy (non-hydrogen) atoms. The Bertz CT molecular complexity index is 731. The van der Waals surface area contributed by atoms with Crippen LogP contribution in [0.3, 0.4) is 0 Å². The zero-order chi connectivity index (χ0) is 15.6. The van der Waals surface area contributed by atoms with Crippen molar-refractivity contribution in [2.75, 3.05) is 5.32 Å². The van der Waals surface area contributed by atoms with E-state index in [0.717, 1.165) is 30.3 Å². The molecule has 0 atom stereocenters. The van der Waals surface area contributed by atoms with E-state index in [-0.39, 0.29) is 11.3 Å². The van der Waals surface area contributed by atoms with Crippen LogP contribution in [0.25, 0.3) is 0 Å². The minimum atomic E-state index is -1.43. The normalized spacial score (nSPS) is 10.2. The summed E-state index contributed by atoms with van der Waals surface area (Å²) in [6, 6.07) is 5.86. The molecule has 0 aromatic heterocycles. The van der Waals surface area contributed by atoms with E-state index in [0.29, 0.717) is 0 Å². The first-order valence-electron chi connectivity index (χ1n) is 5.71. The monoisotopic (exact) mass is 293 g/mol. The van der Waals surface area contributed by atoms with Gasteiger partial charge in [0, 0.05) is 11.8 Å². The van der Waals surface area contributed by atoms with Crippen LogP contribution in [-0.2, 0) is 0 Å². The van der Waals surface area contributed by atoms with Crippen molar-refractivity contribution in [1.29, 1.82) is 0 Å². The Labute approximate surface area is 117 Å². The first-order valence-corrected chi connectivity index (χ1v) is 5.71. The number of carbonyl (C=O) groups excluding carboxylic acids is 1. The molecule has 0 bridgehead atoms. The number of carboxylic acid groups (broad SMARTS) is 1. The summed E-state index contributed by atoms with van der Waals surface area (Å²) in [5.74, 6) is -4.49. The van der Waals surface area contributed by atoms with Gasteiger partial charge in [0.05, 0.1) is 11.1 Å². The Balaban J connectivity index is 2.23. The quantitative estimate of drug-likeness (QED) is 0.812. The molecule has 0 heterocycles. The Morgan fingerprint density at radius 2 is 1.67 bits per heavy atom. The van der Waals surface area contributed by atoms with Crippen molar-refractivity contribution in [3.8, 4) is 5.75 Å².